The number of benzene rings is 1. The zero-order chi connectivity index (χ0) is 16.0. The van der Waals surface area contributed by atoms with Gasteiger partial charge in [0.1, 0.15) is 0 Å². The molecule has 4 heteroatoms. The predicted octanol–water partition coefficient (Wildman–Crippen LogP) is 3.99. The normalized spacial score (nSPS) is 23.8. The van der Waals surface area contributed by atoms with Crippen LogP contribution in [0.15, 0.2) is 24.3 Å². The van der Waals surface area contributed by atoms with E-state index in [-0.39, 0.29) is 11.4 Å². The molecule has 0 unspecified atom stereocenters. The van der Waals surface area contributed by atoms with E-state index in [1.54, 1.807) is 11.3 Å². The minimum Gasteiger partial charge on any atom is -0.346 e. The standard InChI is InChI=1S/C19H24N2OS/c1-19(9-5-10-19)20-18(22)17-16(13-8-11-21(2)12-13)14-6-3-4-7-15(14)23-17/h3-4,6-7,13H,5,8-12H2,1-2H3,(H,20,22)/t13-/m1/s1. The molecule has 2 fully saturated rings. The molecule has 0 radical (unpaired) electrons. The Bertz CT molecular complexity index is 747. The molecular weight excluding hydrogens is 304 g/mol. The van der Waals surface area contributed by atoms with E-state index in [0.29, 0.717) is 5.92 Å². The number of nitrogens with one attached hydrogen (secondary N) is 1. The van der Waals surface area contributed by atoms with Gasteiger partial charge in [0, 0.05) is 22.7 Å². The lowest BCUT2D eigenvalue weighted by Gasteiger charge is -2.39. The highest BCUT2D eigenvalue weighted by atomic mass is 32.1. The van der Waals surface area contributed by atoms with Gasteiger partial charge in [0.05, 0.1) is 4.88 Å². The number of fused-ring (bicyclic) bond motifs is 1. The minimum atomic E-state index is 0.0109. The number of rotatable bonds is 3. The van der Waals surface area contributed by atoms with Crippen molar-refractivity contribution in [1.29, 1.82) is 0 Å². The van der Waals surface area contributed by atoms with E-state index < -0.39 is 0 Å². The van der Waals surface area contributed by atoms with Crippen molar-refractivity contribution >= 4 is 27.3 Å². The summed E-state index contributed by atoms with van der Waals surface area (Å²) in [4.78, 5) is 16.3. The topological polar surface area (TPSA) is 32.3 Å². The Labute approximate surface area is 141 Å². The molecule has 1 N–H and O–H groups in total. The van der Waals surface area contributed by atoms with E-state index in [2.05, 4.69) is 48.5 Å². The van der Waals surface area contributed by atoms with E-state index in [1.807, 2.05) is 0 Å². The smallest absolute Gasteiger partial charge is 0.262 e. The van der Waals surface area contributed by atoms with Crippen molar-refractivity contribution in [3.05, 3.63) is 34.7 Å². The van der Waals surface area contributed by atoms with Gasteiger partial charge in [0.15, 0.2) is 0 Å². The number of amides is 1. The summed E-state index contributed by atoms with van der Waals surface area (Å²) in [6.07, 6.45) is 4.58. The average Bonchev–Trinajstić information content (AvgIpc) is 3.08. The van der Waals surface area contributed by atoms with Crippen LogP contribution in [-0.4, -0.2) is 36.5 Å². The van der Waals surface area contributed by atoms with Gasteiger partial charge in [-0.2, -0.15) is 0 Å². The van der Waals surface area contributed by atoms with E-state index in [1.165, 1.54) is 22.1 Å². The molecule has 0 bridgehead atoms. The summed E-state index contributed by atoms with van der Waals surface area (Å²) in [5.74, 6) is 0.615. The summed E-state index contributed by atoms with van der Waals surface area (Å²) in [5, 5.41) is 4.58. The Balaban J connectivity index is 1.74. The highest BCUT2D eigenvalue weighted by molar-refractivity contribution is 7.21. The molecule has 1 amide bonds. The van der Waals surface area contributed by atoms with E-state index in [9.17, 15) is 4.79 Å². The second-order valence-corrected chi connectivity index (χ2v) is 8.51. The molecule has 1 aromatic carbocycles. The van der Waals surface area contributed by atoms with E-state index in [0.717, 1.165) is 37.2 Å². The Kier molecular flexibility index (Phi) is 3.69. The van der Waals surface area contributed by atoms with Crippen molar-refractivity contribution in [1.82, 2.24) is 10.2 Å². The number of thiophene rings is 1. The zero-order valence-electron chi connectivity index (χ0n) is 13.9. The fraction of sp³-hybridized carbons (Fsp3) is 0.526. The summed E-state index contributed by atoms with van der Waals surface area (Å²) in [5.41, 5.74) is 1.30. The molecular formula is C19H24N2OS. The van der Waals surface area contributed by atoms with Gasteiger partial charge >= 0.3 is 0 Å². The highest BCUT2D eigenvalue weighted by Crippen LogP contribution is 2.40. The van der Waals surface area contributed by atoms with Gasteiger partial charge in [0.25, 0.3) is 5.91 Å². The molecule has 2 aromatic rings. The van der Waals surface area contributed by atoms with Crippen molar-refractivity contribution < 1.29 is 4.79 Å². The third-order valence-electron chi connectivity index (χ3n) is 5.51. The number of nitrogens with zero attached hydrogens (tertiary/aromatic N) is 1. The molecule has 122 valence electrons. The lowest BCUT2D eigenvalue weighted by atomic mass is 9.78. The lowest BCUT2D eigenvalue weighted by Crippen LogP contribution is -2.50. The largest absolute Gasteiger partial charge is 0.346 e. The number of carbonyl (C=O) groups is 1. The van der Waals surface area contributed by atoms with Crippen LogP contribution < -0.4 is 5.32 Å². The first kappa shape index (κ1) is 15.2. The molecule has 1 aliphatic carbocycles. The molecule has 0 spiro atoms. The van der Waals surface area contributed by atoms with Crippen molar-refractivity contribution in [2.45, 2.75) is 44.1 Å². The molecule has 1 atom stereocenters. The van der Waals surface area contributed by atoms with Crippen LogP contribution in [0.5, 0.6) is 0 Å². The fourth-order valence-electron chi connectivity index (χ4n) is 3.97. The molecule has 1 saturated carbocycles. The predicted molar refractivity (Wildman–Crippen MR) is 96.4 cm³/mol. The van der Waals surface area contributed by atoms with Gasteiger partial charge < -0.3 is 10.2 Å². The summed E-state index contributed by atoms with van der Waals surface area (Å²) in [6, 6.07) is 8.48. The van der Waals surface area contributed by atoms with Crippen LogP contribution in [0.4, 0.5) is 0 Å². The van der Waals surface area contributed by atoms with Crippen LogP contribution in [0, 0.1) is 0 Å². The van der Waals surface area contributed by atoms with Crippen molar-refractivity contribution in [2.75, 3.05) is 20.1 Å². The molecule has 23 heavy (non-hydrogen) atoms. The molecule has 1 aromatic heterocycles. The lowest BCUT2D eigenvalue weighted by molar-refractivity contribution is 0.0853. The summed E-state index contributed by atoms with van der Waals surface area (Å²) in [7, 11) is 2.17. The quantitative estimate of drug-likeness (QED) is 0.924. The first-order valence-corrected chi connectivity index (χ1v) is 9.40. The Hall–Kier alpha value is -1.39. The summed E-state index contributed by atoms with van der Waals surface area (Å²) >= 11 is 1.66. The molecule has 4 rings (SSSR count). The first-order chi connectivity index (χ1) is 11.1. The van der Waals surface area contributed by atoms with Crippen LogP contribution in [0.3, 0.4) is 0 Å². The van der Waals surface area contributed by atoms with Gasteiger partial charge in [-0.25, -0.2) is 0 Å². The molecule has 1 saturated heterocycles. The second kappa shape index (κ2) is 5.60. The third-order valence-corrected chi connectivity index (χ3v) is 6.70. The second-order valence-electron chi connectivity index (χ2n) is 7.46. The van der Waals surface area contributed by atoms with E-state index in [4.69, 9.17) is 0 Å². The van der Waals surface area contributed by atoms with Gasteiger partial charge in [0.2, 0.25) is 0 Å². The average molecular weight is 328 g/mol. The van der Waals surface area contributed by atoms with Crippen molar-refractivity contribution in [3.8, 4) is 0 Å². The fourth-order valence-corrected chi connectivity index (χ4v) is 5.16. The maximum Gasteiger partial charge on any atom is 0.262 e. The Morgan fingerprint density at radius 2 is 2.13 bits per heavy atom. The van der Waals surface area contributed by atoms with Gasteiger partial charge in [-0.05, 0) is 63.2 Å². The molecule has 2 heterocycles. The summed E-state index contributed by atoms with van der Waals surface area (Å²) < 4.78 is 1.24. The maximum atomic E-state index is 13.0. The number of likely N-dealkylation sites (N-methyl/N-ethyl adjacent to an activating group) is 1. The molecule has 1 aliphatic heterocycles. The highest BCUT2D eigenvalue weighted by Gasteiger charge is 2.36. The number of carbonyl (C=O) groups excluding carboxylic acids is 1. The Morgan fingerprint density at radius 1 is 1.35 bits per heavy atom. The van der Waals surface area contributed by atoms with Gasteiger partial charge in [-0.1, -0.05) is 18.2 Å². The SMILES string of the molecule is CN1CC[C@@H](c2c(C(=O)NC3(C)CCC3)sc3ccccc23)C1. The van der Waals surface area contributed by atoms with Gasteiger partial charge in [-0.3, -0.25) is 4.79 Å². The van der Waals surface area contributed by atoms with Crippen LogP contribution in [0.25, 0.3) is 10.1 Å². The number of likely N-dealkylation sites (tertiary alicyclic amines) is 1. The van der Waals surface area contributed by atoms with Gasteiger partial charge in [-0.15, -0.1) is 11.3 Å². The number of hydrogen-bond acceptors (Lipinski definition) is 3. The number of hydrogen-bond donors (Lipinski definition) is 1. The monoisotopic (exact) mass is 328 g/mol. The maximum absolute atomic E-state index is 13.0. The van der Waals surface area contributed by atoms with Crippen molar-refractivity contribution in [2.24, 2.45) is 0 Å². The third kappa shape index (κ3) is 2.68. The molecule has 2 aliphatic rings. The molecule has 3 nitrogen and oxygen atoms in total. The van der Waals surface area contributed by atoms with Crippen LogP contribution >= 0.6 is 11.3 Å². The first-order valence-electron chi connectivity index (χ1n) is 8.58. The van der Waals surface area contributed by atoms with E-state index >= 15 is 0 Å². The van der Waals surface area contributed by atoms with Crippen molar-refractivity contribution in [3.63, 3.8) is 0 Å². The van der Waals surface area contributed by atoms with Crippen LogP contribution in [0.2, 0.25) is 0 Å². The summed E-state index contributed by atoms with van der Waals surface area (Å²) in [6.45, 7) is 4.34. The van der Waals surface area contributed by atoms with Crippen LogP contribution in [-0.2, 0) is 0 Å². The minimum absolute atomic E-state index is 0.0109. The Morgan fingerprint density at radius 3 is 2.78 bits per heavy atom. The van der Waals surface area contributed by atoms with Crippen LogP contribution in [0.1, 0.15) is 53.8 Å². The zero-order valence-corrected chi connectivity index (χ0v) is 14.7.